The molecule has 2 rings (SSSR count). The lowest BCUT2D eigenvalue weighted by Gasteiger charge is -2.16. The molecule has 0 fully saturated rings. The topological polar surface area (TPSA) is 49.3 Å². The third kappa shape index (κ3) is 6.55. The van der Waals surface area contributed by atoms with E-state index in [0.717, 1.165) is 25.7 Å². The fourth-order valence-corrected chi connectivity index (χ4v) is 2.93. The second-order valence-corrected chi connectivity index (χ2v) is 6.10. The van der Waals surface area contributed by atoms with Crippen molar-refractivity contribution in [3.63, 3.8) is 0 Å². The highest BCUT2D eigenvalue weighted by molar-refractivity contribution is 5.75. The molecule has 2 aromatic rings. The van der Waals surface area contributed by atoms with Crippen LogP contribution in [0.15, 0.2) is 60.7 Å². The molecule has 0 aromatic heterocycles. The standard InChI is InChI=1S/C21H27NO2/c23-17-15-20(19-11-5-2-6-12-19)14-16-22-21(24)13-7-10-18-8-3-1-4-9-18/h1-6,8-9,11-12,20,23H,7,10,13-17H2,(H,22,24). The minimum absolute atomic E-state index is 0.113. The zero-order valence-electron chi connectivity index (χ0n) is 14.2. The van der Waals surface area contributed by atoms with Gasteiger partial charge in [-0.15, -0.1) is 0 Å². The first-order valence-electron chi connectivity index (χ1n) is 8.76. The SMILES string of the molecule is O=C(CCCc1ccccc1)NCCC(CCO)c1ccccc1. The maximum atomic E-state index is 11.9. The van der Waals surface area contributed by atoms with Gasteiger partial charge in [0.2, 0.25) is 5.91 Å². The number of rotatable bonds is 10. The van der Waals surface area contributed by atoms with Gasteiger partial charge in [-0.2, -0.15) is 0 Å². The van der Waals surface area contributed by atoms with Crippen LogP contribution < -0.4 is 5.32 Å². The van der Waals surface area contributed by atoms with Crippen LogP contribution in [0.3, 0.4) is 0 Å². The Bertz CT molecular complexity index is 583. The summed E-state index contributed by atoms with van der Waals surface area (Å²) in [6.45, 7) is 0.828. The van der Waals surface area contributed by atoms with Crippen molar-refractivity contribution in [3.05, 3.63) is 71.8 Å². The molecule has 3 nitrogen and oxygen atoms in total. The van der Waals surface area contributed by atoms with Crippen LogP contribution in [0, 0.1) is 0 Å². The van der Waals surface area contributed by atoms with Crippen molar-refractivity contribution in [2.45, 2.75) is 38.0 Å². The van der Waals surface area contributed by atoms with Gasteiger partial charge in [-0.1, -0.05) is 60.7 Å². The van der Waals surface area contributed by atoms with Crippen molar-refractivity contribution in [3.8, 4) is 0 Å². The van der Waals surface area contributed by atoms with E-state index in [0.29, 0.717) is 18.9 Å². The van der Waals surface area contributed by atoms with Gasteiger partial charge in [0.15, 0.2) is 0 Å². The van der Waals surface area contributed by atoms with Crippen LogP contribution in [-0.4, -0.2) is 24.2 Å². The van der Waals surface area contributed by atoms with Crippen molar-refractivity contribution >= 4 is 5.91 Å². The Balaban J connectivity index is 1.67. The smallest absolute Gasteiger partial charge is 0.220 e. The summed E-state index contributed by atoms with van der Waals surface area (Å²) >= 11 is 0. The Morgan fingerprint density at radius 2 is 1.62 bits per heavy atom. The molecule has 128 valence electrons. The van der Waals surface area contributed by atoms with E-state index < -0.39 is 0 Å². The molecule has 0 radical (unpaired) electrons. The molecule has 3 heteroatoms. The van der Waals surface area contributed by atoms with Crippen LogP contribution >= 0.6 is 0 Å². The predicted molar refractivity (Wildman–Crippen MR) is 97.9 cm³/mol. The summed E-state index contributed by atoms with van der Waals surface area (Å²) in [5.41, 5.74) is 2.50. The van der Waals surface area contributed by atoms with E-state index in [1.54, 1.807) is 0 Å². The second kappa shape index (κ2) is 10.6. The number of aliphatic hydroxyl groups excluding tert-OH is 1. The molecule has 0 spiro atoms. The highest BCUT2D eigenvalue weighted by atomic mass is 16.3. The van der Waals surface area contributed by atoms with E-state index in [-0.39, 0.29) is 12.5 Å². The Morgan fingerprint density at radius 1 is 0.958 bits per heavy atom. The van der Waals surface area contributed by atoms with Gasteiger partial charge in [-0.3, -0.25) is 4.79 Å². The first-order chi connectivity index (χ1) is 11.8. The van der Waals surface area contributed by atoms with Gasteiger partial charge in [-0.25, -0.2) is 0 Å². The van der Waals surface area contributed by atoms with Gasteiger partial charge in [0.1, 0.15) is 0 Å². The first kappa shape index (κ1) is 18.2. The quantitative estimate of drug-likeness (QED) is 0.700. The Morgan fingerprint density at radius 3 is 2.29 bits per heavy atom. The van der Waals surface area contributed by atoms with Gasteiger partial charge in [0, 0.05) is 19.6 Å². The van der Waals surface area contributed by atoms with Crippen molar-refractivity contribution in [1.82, 2.24) is 5.32 Å². The maximum absolute atomic E-state index is 11.9. The molecular weight excluding hydrogens is 298 g/mol. The van der Waals surface area contributed by atoms with Crippen LogP contribution in [0.1, 0.15) is 42.7 Å². The largest absolute Gasteiger partial charge is 0.396 e. The number of nitrogens with one attached hydrogen (secondary N) is 1. The van der Waals surface area contributed by atoms with Gasteiger partial charge in [0.25, 0.3) is 0 Å². The fraction of sp³-hybridized carbons (Fsp3) is 0.381. The number of carbonyl (C=O) groups is 1. The Kier molecular flexibility index (Phi) is 8.05. The summed E-state index contributed by atoms with van der Waals surface area (Å²) in [6, 6.07) is 20.4. The normalized spacial score (nSPS) is 11.9. The number of hydrogen-bond acceptors (Lipinski definition) is 2. The summed E-state index contributed by atoms with van der Waals surface area (Å²) in [7, 11) is 0. The molecule has 2 N–H and O–H groups in total. The minimum atomic E-state index is 0.113. The molecule has 0 aliphatic heterocycles. The molecule has 0 saturated heterocycles. The third-order valence-electron chi connectivity index (χ3n) is 4.28. The van der Waals surface area contributed by atoms with Crippen molar-refractivity contribution in [1.29, 1.82) is 0 Å². The highest BCUT2D eigenvalue weighted by Crippen LogP contribution is 2.22. The van der Waals surface area contributed by atoms with Crippen LogP contribution in [0.25, 0.3) is 0 Å². The van der Waals surface area contributed by atoms with Crippen LogP contribution in [0.4, 0.5) is 0 Å². The summed E-state index contributed by atoms with van der Waals surface area (Å²) < 4.78 is 0. The number of carbonyl (C=O) groups excluding carboxylic acids is 1. The molecule has 1 unspecified atom stereocenters. The minimum Gasteiger partial charge on any atom is -0.396 e. The molecule has 24 heavy (non-hydrogen) atoms. The molecule has 0 aliphatic rings. The summed E-state index contributed by atoms with van der Waals surface area (Å²) in [6.07, 6.45) is 3.95. The molecule has 0 aliphatic carbocycles. The van der Waals surface area contributed by atoms with Gasteiger partial charge in [0.05, 0.1) is 0 Å². The monoisotopic (exact) mass is 325 g/mol. The molecule has 1 atom stereocenters. The predicted octanol–water partition coefficient (Wildman–Crippen LogP) is 3.68. The van der Waals surface area contributed by atoms with Crippen molar-refractivity contribution in [2.75, 3.05) is 13.2 Å². The van der Waals surface area contributed by atoms with Gasteiger partial charge >= 0.3 is 0 Å². The van der Waals surface area contributed by atoms with E-state index in [1.807, 2.05) is 36.4 Å². The molecule has 0 heterocycles. The highest BCUT2D eigenvalue weighted by Gasteiger charge is 2.11. The second-order valence-electron chi connectivity index (χ2n) is 6.10. The van der Waals surface area contributed by atoms with Crippen molar-refractivity contribution < 1.29 is 9.90 Å². The molecule has 0 bridgehead atoms. The van der Waals surface area contributed by atoms with Gasteiger partial charge < -0.3 is 10.4 Å². The van der Waals surface area contributed by atoms with Crippen molar-refractivity contribution in [2.24, 2.45) is 0 Å². The number of aliphatic hydroxyl groups is 1. The summed E-state index contributed by atoms with van der Waals surface area (Å²) in [5, 5.41) is 12.3. The molecule has 1 amide bonds. The van der Waals surface area contributed by atoms with Gasteiger partial charge in [-0.05, 0) is 42.7 Å². The molecular formula is C21H27NO2. The Labute approximate surface area is 144 Å². The molecule has 0 saturated carbocycles. The fourth-order valence-electron chi connectivity index (χ4n) is 2.93. The average Bonchev–Trinajstić information content (AvgIpc) is 2.63. The zero-order chi connectivity index (χ0) is 17.0. The summed E-state index contributed by atoms with van der Waals surface area (Å²) in [4.78, 5) is 11.9. The maximum Gasteiger partial charge on any atom is 0.220 e. The van der Waals surface area contributed by atoms with Crippen LogP contribution in [0.5, 0.6) is 0 Å². The van der Waals surface area contributed by atoms with Crippen LogP contribution in [-0.2, 0) is 11.2 Å². The van der Waals surface area contributed by atoms with Crippen LogP contribution in [0.2, 0.25) is 0 Å². The summed E-state index contributed by atoms with van der Waals surface area (Å²) in [5.74, 6) is 0.405. The lowest BCUT2D eigenvalue weighted by Crippen LogP contribution is -2.25. The lowest BCUT2D eigenvalue weighted by atomic mass is 9.93. The number of amides is 1. The van der Waals surface area contributed by atoms with E-state index in [4.69, 9.17) is 0 Å². The van der Waals surface area contributed by atoms with E-state index >= 15 is 0 Å². The number of hydrogen-bond donors (Lipinski definition) is 2. The lowest BCUT2D eigenvalue weighted by molar-refractivity contribution is -0.121. The molecule has 2 aromatic carbocycles. The number of aryl methyl sites for hydroxylation is 1. The third-order valence-corrected chi connectivity index (χ3v) is 4.28. The zero-order valence-corrected chi connectivity index (χ0v) is 14.2. The average molecular weight is 325 g/mol. The number of benzene rings is 2. The first-order valence-corrected chi connectivity index (χ1v) is 8.76. The van der Waals surface area contributed by atoms with E-state index in [9.17, 15) is 9.90 Å². The van der Waals surface area contributed by atoms with E-state index in [1.165, 1.54) is 11.1 Å². The Hall–Kier alpha value is -2.13. The van der Waals surface area contributed by atoms with E-state index in [2.05, 4.69) is 29.6 Å².